The average Bonchev–Trinajstić information content (AvgIpc) is 2.94. The first-order valence-electron chi connectivity index (χ1n) is 7.73. The molecule has 1 aromatic carbocycles. The Morgan fingerprint density at radius 3 is 2.50 bits per heavy atom. The van der Waals surface area contributed by atoms with E-state index in [0.29, 0.717) is 12.1 Å². The molecular weight excluding hydrogens is 319 g/mol. The number of rotatable bonds is 3. The Hall–Kier alpha value is -2.31. The summed E-state index contributed by atoms with van der Waals surface area (Å²) in [6.45, 7) is 4.62. The van der Waals surface area contributed by atoms with Gasteiger partial charge in [-0.1, -0.05) is 26.0 Å². The van der Waals surface area contributed by atoms with Gasteiger partial charge in [0.1, 0.15) is 6.04 Å². The van der Waals surface area contributed by atoms with Crippen LogP contribution in [0.15, 0.2) is 36.8 Å². The van der Waals surface area contributed by atoms with E-state index in [0.717, 1.165) is 17.8 Å². The second-order valence-electron chi connectivity index (χ2n) is 6.37. The van der Waals surface area contributed by atoms with Gasteiger partial charge in [0, 0.05) is 12.7 Å². The van der Waals surface area contributed by atoms with Crippen LogP contribution in [0.4, 0.5) is 13.2 Å². The maximum atomic E-state index is 12.8. The third-order valence-corrected chi connectivity index (χ3v) is 4.25. The zero-order chi connectivity index (χ0) is 17.5. The Morgan fingerprint density at radius 2 is 1.92 bits per heavy atom. The van der Waals surface area contributed by atoms with E-state index in [4.69, 9.17) is 0 Å². The first-order valence-corrected chi connectivity index (χ1v) is 7.73. The molecule has 2 aromatic rings. The van der Waals surface area contributed by atoms with Crippen molar-refractivity contribution < 1.29 is 18.0 Å². The Balaban J connectivity index is 1.82. The summed E-state index contributed by atoms with van der Waals surface area (Å²) < 4.78 is 39.8. The van der Waals surface area contributed by atoms with Crippen LogP contribution < -0.4 is 0 Å². The number of hydrogen-bond donors (Lipinski definition) is 0. The standard InChI is InChI=1S/C17H18F3N3O/c1-11(2)15-16(24)22(9-14-7-21-10-23(14)15)8-12-3-5-13(6-4-12)17(18,19)20/h3-7,10-11,15H,8-9H2,1-2H3. The summed E-state index contributed by atoms with van der Waals surface area (Å²) in [5.74, 6) is 0.0660. The third-order valence-electron chi connectivity index (χ3n) is 4.25. The van der Waals surface area contributed by atoms with Crippen molar-refractivity contribution in [2.75, 3.05) is 0 Å². The van der Waals surface area contributed by atoms with E-state index >= 15 is 0 Å². The van der Waals surface area contributed by atoms with E-state index in [1.54, 1.807) is 17.4 Å². The van der Waals surface area contributed by atoms with E-state index in [1.165, 1.54) is 12.1 Å². The first-order chi connectivity index (χ1) is 11.3. The number of fused-ring (bicyclic) bond motifs is 1. The predicted octanol–water partition coefficient (Wildman–Crippen LogP) is 3.64. The van der Waals surface area contributed by atoms with Crippen LogP contribution in [0.1, 0.15) is 36.7 Å². The molecule has 0 bridgehead atoms. The van der Waals surface area contributed by atoms with E-state index in [1.807, 2.05) is 18.4 Å². The van der Waals surface area contributed by atoms with Gasteiger partial charge < -0.3 is 9.47 Å². The van der Waals surface area contributed by atoms with Crippen LogP contribution in [-0.4, -0.2) is 20.4 Å². The highest BCUT2D eigenvalue weighted by atomic mass is 19.4. The highest BCUT2D eigenvalue weighted by Gasteiger charge is 2.35. The number of carbonyl (C=O) groups excluding carboxylic acids is 1. The quantitative estimate of drug-likeness (QED) is 0.858. The van der Waals surface area contributed by atoms with Crippen LogP contribution in [0.3, 0.4) is 0 Å². The van der Waals surface area contributed by atoms with Gasteiger partial charge in [-0.25, -0.2) is 4.98 Å². The summed E-state index contributed by atoms with van der Waals surface area (Å²) in [5, 5.41) is 0. The minimum absolute atomic E-state index is 0.0320. The van der Waals surface area contributed by atoms with Gasteiger partial charge in [0.15, 0.2) is 0 Å². The first kappa shape index (κ1) is 16.5. The number of aromatic nitrogens is 2. The Bertz CT molecular complexity index is 734. The van der Waals surface area contributed by atoms with Crippen LogP contribution in [-0.2, 0) is 24.1 Å². The molecule has 1 aliphatic rings. The van der Waals surface area contributed by atoms with Gasteiger partial charge in [-0.05, 0) is 23.6 Å². The number of carbonyl (C=O) groups is 1. The van der Waals surface area contributed by atoms with Crippen molar-refractivity contribution in [3.05, 3.63) is 53.6 Å². The van der Waals surface area contributed by atoms with Crippen molar-refractivity contribution in [1.82, 2.24) is 14.5 Å². The van der Waals surface area contributed by atoms with Crippen molar-refractivity contribution in [2.24, 2.45) is 5.92 Å². The molecular formula is C17H18F3N3O. The fraction of sp³-hybridized carbons (Fsp3) is 0.412. The number of benzene rings is 1. The maximum Gasteiger partial charge on any atom is 0.416 e. The highest BCUT2D eigenvalue weighted by molar-refractivity contribution is 5.81. The zero-order valence-electron chi connectivity index (χ0n) is 13.4. The number of nitrogens with zero attached hydrogens (tertiary/aromatic N) is 3. The Morgan fingerprint density at radius 1 is 1.25 bits per heavy atom. The molecule has 3 rings (SSSR count). The molecule has 1 aliphatic heterocycles. The second-order valence-corrected chi connectivity index (χ2v) is 6.37. The normalized spacial score (nSPS) is 18.2. The molecule has 0 spiro atoms. The van der Waals surface area contributed by atoms with E-state index in [9.17, 15) is 18.0 Å². The number of alkyl halides is 3. The molecule has 2 heterocycles. The molecule has 7 heteroatoms. The summed E-state index contributed by atoms with van der Waals surface area (Å²) in [6, 6.07) is 4.62. The number of halogens is 3. The summed E-state index contributed by atoms with van der Waals surface area (Å²) in [7, 11) is 0. The molecule has 0 fully saturated rings. The third kappa shape index (κ3) is 3.02. The zero-order valence-corrected chi connectivity index (χ0v) is 13.4. The van der Waals surface area contributed by atoms with Crippen LogP contribution in [0, 0.1) is 5.92 Å². The molecule has 1 atom stereocenters. The second kappa shape index (κ2) is 5.96. The lowest BCUT2D eigenvalue weighted by Crippen LogP contribution is -2.43. The van der Waals surface area contributed by atoms with E-state index < -0.39 is 11.7 Å². The molecule has 0 radical (unpaired) electrons. The van der Waals surface area contributed by atoms with Crippen molar-refractivity contribution in [2.45, 2.75) is 39.2 Å². The van der Waals surface area contributed by atoms with Crippen molar-refractivity contribution in [1.29, 1.82) is 0 Å². The fourth-order valence-electron chi connectivity index (χ4n) is 3.04. The summed E-state index contributed by atoms with van der Waals surface area (Å²) in [5.41, 5.74) is 0.918. The smallest absolute Gasteiger partial charge is 0.331 e. The lowest BCUT2D eigenvalue weighted by molar-refractivity contribution is -0.140. The molecule has 0 saturated heterocycles. The van der Waals surface area contributed by atoms with Crippen LogP contribution >= 0.6 is 0 Å². The predicted molar refractivity (Wildman–Crippen MR) is 81.8 cm³/mol. The molecule has 1 unspecified atom stereocenters. The lowest BCUT2D eigenvalue weighted by Gasteiger charge is -2.35. The monoisotopic (exact) mass is 337 g/mol. The SMILES string of the molecule is CC(C)C1C(=O)N(Cc2ccc(C(F)(F)F)cc2)Cc2cncn21. The van der Waals surface area contributed by atoms with Crippen LogP contribution in [0.2, 0.25) is 0 Å². The lowest BCUT2D eigenvalue weighted by atomic mass is 9.99. The maximum absolute atomic E-state index is 12.8. The summed E-state index contributed by atoms with van der Waals surface area (Å²) in [6.07, 6.45) is -0.969. The summed E-state index contributed by atoms with van der Waals surface area (Å²) in [4.78, 5) is 18.5. The van der Waals surface area contributed by atoms with E-state index in [-0.39, 0.29) is 24.4 Å². The Kier molecular flexibility index (Phi) is 4.11. The minimum atomic E-state index is -4.35. The van der Waals surface area contributed by atoms with Gasteiger partial charge in [-0.3, -0.25) is 4.79 Å². The van der Waals surface area contributed by atoms with Crippen molar-refractivity contribution in [3.63, 3.8) is 0 Å². The molecule has 1 aromatic heterocycles. The van der Waals surface area contributed by atoms with Gasteiger partial charge in [-0.2, -0.15) is 13.2 Å². The van der Waals surface area contributed by atoms with Gasteiger partial charge >= 0.3 is 6.18 Å². The molecule has 0 saturated carbocycles. The molecule has 128 valence electrons. The van der Waals surface area contributed by atoms with Gasteiger partial charge in [0.2, 0.25) is 5.91 Å². The van der Waals surface area contributed by atoms with Gasteiger partial charge in [-0.15, -0.1) is 0 Å². The largest absolute Gasteiger partial charge is 0.416 e. The highest BCUT2D eigenvalue weighted by Crippen LogP contribution is 2.31. The molecule has 1 amide bonds. The van der Waals surface area contributed by atoms with Crippen LogP contribution in [0.25, 0.3) is 0 Å². The summed E-state index contributed by atoms with van der Waals surface area (Å²) >= 11 is 0. The van der Waals surface area contributed by atoms with E-state index in [2.05, 4.69) is 4.98 Å². The van der Waals surface area contributed by atoms with Crippen molar-refractivity contribution in [3.8, 4) is 0 Å². The number of hydrogen-bond acceptors (Lipinski definition) is 2. The topological polar surface area (TPSA) is 38.1 Å². The molecule has 0 aliphatic carbocycles. The Labute approximate surface area is 137 Å². The average molecular weight is 337 g/mol. The number of imidazole rings is 1. The van der Waals surface area contributed by atoms with Gasteiger partial charge in [0.25, 0.3) is 0 Å². The fourth-order valence-corrected chi connectivity index (χ4v) is 3.04. The molecule has 4 nitrogen and oxygen atoms in total. The number of amides is 1. The molecule has 0 N–H and O–H groups in total. The van der Waals surface area contributed by atoms with Crippen molar-refractivity contribution >= 4 is 5.91 Å². The molecule has 24 heavy (non-hydrogen) atoms. The minimum Gasteiger partial charge on any atom is -0.331 e. The van der Waals surface area contributed by atoms with Crippen LogP contribution in [0.5, 0.6) is 0 Å². The van der Waals surface area contributed by atoms with Gasteiger partial charge in [0.05, 0.1) is 24.1 Å².